The van der Waals surface area contributed by atoms with Crippen molar-refractivity contribution in [1.82, 2.24) is 0 Å². The summed E-state index contributed by atoms with van der Waals surface area (Å²) in [6.07, 6.45) is 1.08. The van der Waals surface area contributed by atoms with Crippen LogP contribution in [-0.4, -0.2) is 15.5 Å². The molecule has 1 aliphatic heterocycles. The van der Waals surface area contributed by atoms with Crippen LogP contribution in [0.25, 0.3) is 0 Å². The highest BCUT2D eigenvalue weighted by Gasteiger charge is 2.40. The largest absolute Gasteiger partial charge is 0.323 e. The van der Waals surface area contributed by atoms with E-state index < -0.39 is 0 Å². The van der Waals surface area contributed by atoms with Crippen LogP contribution in [0.3, 0.4) is 0 Å². The van der Waals surface area contributed by atoms with Crippen LogP contribution in [-0.2, 0) is 0 Å². The standard InChI is InChI=1S/C5H10BrNS/c1-2-5(7)3-8-4(5)6/h4H,2-3,7H2,1H3. The van der Waals surface area contributed by atoms with Crippen molar-refractivity contribution in [2.45, 2.75) is 23.0 Å². The monoisotopic (exact) mass is 195 g/mol. The van der Waals surface area contributed by atoms with E-state index in [0.717, 1.165) is 12.2 Å². The van der Waals surface area contributed by atoms with Crippen molar-refractivity contribution < 1.29 is 0 Å². The van der Waals surface area contributed by atoms with Crippen LogP contribution >= 0.6 is 27.7 Å². The van der Waals surface area contributed by atoms with Gasteiger partial charge in [-0.05, 0) is 6.42 Å². The minimum Gasteiger partial charge on any atom is -0.323 e. The predicted molar refractivity (Wildman–Crippen MR) is 42.4 cm³/mol. The Labute approximate surface area is 62.5 Å². The normalized spacial score (nSPS) is 46.1. The Hall–Kier alpha value is 0.790. The molecular formula is C5H10BrNS. The van der Waals surface area contributed by atoms with Gasteiger partial charge in [-0.1, -0.05) is 22.9 Å². The highest BCUT2D eigenvalue weighted by molar-refractivity contribution is 9.11. The van der Waals surface area contributed by atoms with Crippen molar-refractivity contribution in [2.24, 2.45) is 5.73 Å². The molecule has 0 aliphatic carbocycles. The molecule has 8 heavy (non-hydrogen) atoms. The van der Waals surface area contributed by atoms with E-state index in [1.54, 1.807) is 0 Å². The lowest BCUT2D eigenvalue weighted by atomic mass is 10.0. The third-order valence-electron chi connectivity index (χ3n) is 1.61. The van der Waals surface area contributed by atoms with Gasteiger partial charge in [-0.15, -0.1) is 11.8 Å². The minimum absolute atomic E-state index is 0.102. The zero-order valence-electron chi connectivity index (χ0n) is 4.86. The minimum atomic E-state index is 0.102. The van der Waals surface area contributed by atoms with Crippen molar-refractivity contribution in [3.63, 3.8) is 0 Å². The molecule has 1 aliphatic rings. The van der Waals surface area contributed by atoms with E-state index in [1.165, 1.54) is 0 Å². The SMILES string of the molecule is CCC1(N)CSC1Br. The molecule has 2 unspecified atom stereocenters. The molecule has 0 amide bonds. The first kappa shape index (κ1) is 6.90. The van der Waals surface area contributed by atoms with Crippen LogP contribution < -0.4 is 5.73 Å². The number of alkyl halides is 1. The molecule has 0 bridgehead atoms. The zero-order chi connectivity index (χ0) is 6.20. The lowest BCUT2D eigenvalue weighted by Crippen LogP contribution is -2.56. The van der Waals surface area contributed by atoms with Gasteiger partial charge >= 0.3 is 0 Å². The van der Waals surface area contributed by atoms with Crippen LogP contribution in [0.5, 0.6) is 0 Å². The highest BCUT2D eigenvalue weighted by atomic mass is 79.9. The molecule has 0 aromatic heterocycles. The van der Waals surface area contributed by atoms with E-state index in [9.17, 15) is 0 Å². The van der Waals surface area contributed by atoms with Crippen LogP contribution in [0.2, 0.25) is 0 Å². The topological polar surface area (TPSA) is 26.0 Å². The Bertz CT molecular complexity index is 94.4. The Balaban J connectivity index is 2.42. The third-order valence-corrected chi connectivity index (χ3v) is 4.78. The fraction of sp³-hybridized carbons (Fsp3) is 1.00. The van der Waals surface area contributed by atoms with Gasteiger partial charge in [0.25, 0.3) is 0 Å². The van der Waals surface area contributed by atoms with Crippen molar-refractivity contribution in [1.29, 1.82) is 0 Å². The molecule has 3 heteroatoms. The second-order valence-corrected chi connectivity index (χ2v) is 4.83. The smallest absolute Gasteiger partial charge is 0.0787 e. The van der Waals surface area contributed by atoms with Gasteiger partial charge in [0.2, 0.25) is 0 Å². The first-order valence-corrected chi connectivity index (χ1v) is 4.70. The summed E-state index contributed by atoms with van der Waals surface area (Å²) >= 11 is 5.36. The quantitative estimate of drug-likeness (QED) is 0.644. The Morgan fingerprint density at radius 1 is 2.00 bits per heavy atom. The van der Waals surface area contributed by atoms with Gasteiger partial charge in [0.15, 0.2) is 0 Å². The van der Waals surface area contributed by atoms with Gasteiger partial charge in [0.1, 0.15) is 0 Å². The second-order valence-electron chi connectivity index (χ2n) is 2.21. The molecule has 0 radical (unpaired) electrons. The number of halogens is 1. The molecule has 2 atom stereocenters. The molecule has 1 rings (SSSR count). The fourth-order valence-corrected chi connectivity index (χ4v) is 2.83. The average Bonchev–Trinajstić information content (AvgIpc) is 1.83. The number of nitrogens with two attached hydrogens (primary N) is 1. The van der Waals surface area contributed by atoms with Crippen LogP contribution in [0, 0.1) is 0 Å². The van der Waals surface area contributed by atoms with Crippen molar-refractivity contribution in [2.75, 3.05) is 5.75 Å². The molecule has 0 spiro atoms. The van der Waals surface area contributed by atoms with Gasteiger partial charge in [0.05, 0.1) is 4.16 Å². The Morgan fingerprint density at radius 2 is 2.62 bits per heavy atom. The molecule has 2 N–H and O–H groups in total. The van der Waals surface area contributed by atoms with Crippen molar-refractivity contribution in [3.8, 4) is 0 Å². The molecule has 1 saturated heterocycles. The van der Waals surface area contributed by atoms with E-state index in [4.69, 9.17) is 5.73 Å². The van der Waals surface area contributed by atoms with Gasteiger partial charge < -0.3 is 5.73 Å². The number of rotatable bonds is 1. The van der Waals surface area contributed by atoms with Gasteiger partial charge in [-0.25, -0.2) is 0 Å². The zero-order valence-corrected chi connectivity index (χ0v) is 7.26. The summed E-state index contributed by atoms with van der Waals surface area (Å²) in [6.45, 7) is 2.13. The molecular weight excluding hydrogens is 186 g/mol. The maximum atomic E-state index is 5.88. The van der Waals surface area contributed by atoms with E-state index >= 15 is 0 Å². The third kappa shape index (κ3) is 0.913. The van der Waals surface area contributed by atoms with Gasteiger partial charge in [0, 0.05) is 11.3 Å². The van der Waals surface area contributed by atoms with Gasteiger partial charge in [-0.2, -0.15) is 0 Å². The molecule has 1 heterocycles. The van der Waals surface area contributed by atoms with Crippen molar-refractivity contribution in [3.05, 3.63) is 0 Å². The molecule has 1 fully saturated rings. The summed E-state index contributed by atoms with van der Waals surface area (Å²) < 4.78 is 0.500. The summed E-state index contributed by atoms with van der Waals surface area (Å²) in [5.74, 6) is 1.11. The first-order chi connectivity index (χ1) is 3.69. The first-order valence-electron chi connectivity index (χ1n) is 2.73. The Morgan fingerprint density at radius 3 is 2.62 bits per heavy atom. The molecule has 0 aromatic rings. The number of hydrogen-bond donors (Lipinski definition) is 1. The summed E-state index contributed by atoms with van der Waals surface area (Å²) in [4.78, 5) is 0. The van der Waals surface area contributed by atoms with Crippen molar-refractivity contribution >= 4 is 27.7 Å². The number of thioether (sulfide) groups is 1. The summed E-state index contributed by atoms with van der Waals surface area (Å²) in [5.41, 5.74) is 5.98. The number of hydrogen-bond acceptors (Lipinski definition) is 2. The lowest BCUT2D eigenvalue weighted by Gasteiger charge is -2.42. The summed E-state index contributed by atoms with van der Waals surface area (Å²) in [5, 5.41) is 0. The molecule has 48 valence electrons. The Kier molecular flexibility index (Phi) is 1.89. The van der Waals surface area contributed by atoms with E-state index in [-0.39, 0.29) is 5.54 Å². The fourth-order valence-electron chi connectivity index (χ4n) is 0.623. The van der Waals surface area contributed by atoms with Crippen LogP contribution in [0.1, 0.15) is 13.3 Å². The van der Waals surface area contributed by atoms with E-state index in [2.05, 4.69) is 22.9 Å². The maximum absolute atomic E-state index is 5.88. The molecule has 0 saturated carbocycles. The predicted octanol–water partition coefficient (Wildman–Crippen LogP) is 1.56. The summed E-state index contributed by atoms with van der Waals surface area (Å²) in [6, 6.07) is 0. The van der Waals surface area contributed by atoms with Gasteiger partial charge in [-0.3, -0.25) is 0 Å². The maximum Gasteiger partial charge on any atom is 0.0787 e. The molecule has 1 nitrogen and oxygen atoms in total. The summed E-state index contributed by atoms with van der Waals surface area (Å²) in [7, 11) is 0. The van der Waals surface area contributed by atoms with E-state index in [0.29, 0.717) is 4.16 Å². The highest BCUT2D eigenvalue weighted by Crippen LogP contribution is 2.42. The van der Waals surface area contributed by atoms with E-state index in [1.807, 2.05) is 11.8 Å². The average molecular weight is 196 g/mol. The van der Waals surface area contributed by atoms with Crippen LogP contribution in [0.15, 0.2) is 0 Å². The van der Waals surface area contributed by atoms with Crippen LogP contribution in [0.4, 0.5) is 0 Å². The lowest BCUT2D eigenvalue weighted by molar-refractivity contribution is 0.479. The molecule has 0 aromatic carbocycles. The second kappa shape index (κ2) is 2.20.